The highest BCUT2D eigenvalue weighted by atomic mass is 32.1. The molecule has 1 saturated heterocycles. The molecule has 148 valence electrons. The van der Waals surface area contributed by atoms with Crippen molar-refractivity contribution in [1.82, 2.24) is 4.90 Å². The predicted molar refractivity (Wildman–Crippen MR) is 114 cm³/mol. The molecule has 0 radical (unpaired) electrons. The number of benzene rings is 2. The number of hydrogen-bond acceptors (Lipinski definition) is 2. The molecule has 5 nitrogen and oxygen atoms in total. The molecule has 0 spiro atoms. The molecule has 2 aromatic carbocycles. The van der Waals surface area contributed by atoms with Crippen molar-refractivity contribution in [1.29, 1.82) is 0 Å². The minimum absolute atomic E-state index is 0.106. The van der Waals surface area contributed by atoms with Crippen LogP contribution in [0.4, 0.5) is 15.8 Å². The monoisotopic (exact) mass is 401 g/mol. The molecule has 3 N–H and O–H groups in total. The van der Waals surface area contributed by atoms with E-state index in [0.717, 1.165) is 31.9 Å². The smallest absolute Gasteiger partial charge is 0.279 e. The lowest BCUT2D eigenvalue weighted by molar-refractivity contribution is -0.895. The Hall–Kier alpha value is -2.51. The lowest BCUT2D eigenvalue weighted by Gasteiger charge is -2.33. The van der Waals surface area contributed by atoms with Crippen molar-refractivity contribution in [2.45, 2.75) is 13.8 Å². The molecule has 3 rings (SSSR count). The summed E-state index contributed by atoms with van der Waals surface area (Å²) in [5.74, 6) is -0.464. The molecule has 0 saturated carbocycles. The van der Waals surface area contributed by atoms with E-state index in [2.05, 4.69) is 47.6 Å². The van der Waals surface area contributed by atoms with Gasteiger partial charge in [-0.25, -0.2) is 4.39 Å². The van der Waals surface area contributed by atoms with E-state index in [1.807, 2.05) is 0 Å². The van der Waals surface area contributed by atoms with Crippen LogP contribution >= 0.6 is 12.2 Å². The number of nitrogens with zero attached hydrogens (tertiary/aromatic N) is 1. The summed E-state index contributed by atoms with van der Waals surface area (Å²) >= 11 is 5.56. The highest BCUT2D eigenvalue weighted by Crippen LogP contribution is 2.14. The third kappa shape index (κ3) is 5.74. The molecule has 0 unspecified atom stereocenters. The van der Waals surface area contributed by atoms with E-state index in [9.17, 15) is 9.18 Å². The summed E-state index contributed by atoms with van der Waals surface area (Å²) in [6, 6.07) is 12.2. The standard InChI is InChI=1S/C21H25FN4OS/c1-15-10-16(2)12-19(11-15)24-21(28)26-8-6-25(7-9-26)14-20(27)23-18-5-3-4-17(22)13-18/h3-5,10-13H,6-9,14H2,1-2H3,(H,23,27)(H,24,28)/p+1. The van der Waals surface area contributed by atoms with Crippen LogP contribution in [0.5, 0.6) is 0 Å². The SMILES string of the molecule is Cc1cc(C)cc(NC(=S)N2CC[NH+](CC(=O)Nc3cccc(F)c3)CC2)c1. The van der Waals surface area contributed by atoms with Crippen LogP contribution in [0.2, 0.25) is 0 Å². The quantitative estimate of drug-likeness (QED) is 0.686. The van der Waals surface area contributed by atoms with Gasteiger partial charge in [-0.05, 0) is 67.5 Å². The zero-order valence-corrected chi connectivity index (χ0v) is 17.0. The summed E-state index contributed by atoms with van der Waals surface area (Å²) in [4.78, 5) is 15.5. The van der Waals surface area contributed by atoms with Crippen LogP contribution in [0.25, 0.3) is 0 Å². The van der Waals surface area contributed by atoms with Gasteiger partial charge in [-0.2, -0.15) is 0 Å². The van der Waals surface area contributed by atoms with Crippen LogP contribution < -0.4 is 15.5 Å². The van der Waals surface area contributed by atoms with E-state index in [1.54, 1.807) is 12.1 Å². The van der Waals surface area contributed by atoms with Crippen molar-refractivity contribution in [2.24, 2.45) is 0 Å². The average molecular weight is 402 g/mol. The Labute approximate surface area is 170 Å². The van der Waals surface area contributed by atoms with Crippen molar-refractivity contribution in [3.63, 3.8) is 0 Å². The molecular formula is C21H26FN4OS+. The number of quaternary nitrogens is 1. The molecule has 2 aromatic rings. The van der Waals surface area contributed by atoms with Gasteiger partial charge in [0, 0.05) is 11.4 Å². The van der Waals surface area contributed by atoms with Crippen molar-refractivity contribution in [3.8, 4) is 0 Å². The molecule has 1 aliphatic heterocycles. The maximum atomic E-state index is 13.2. The number of nitrogens with one attached hydrogen (secondary N) is 3. The minimum atomic E-state index is -0.358. The van der Waals surface area contributed by atoms with E-state index < -0.39 is 0 Å². The van der Waals surface area contributed by atoms with Crippen LogP contribution in [0.15, 0.2) is 42.5 Å². The van der Waals surface area contributed by atoms with Crippen LogP contribution in [0.1, 0.15) is 11.1 Å². The van der Waals surface area contributed by atoms with Crippen molar-refractivity contribution < 1.29 is 14.1 Å². The van der Waals surface area contributed by atoms with Crippen LogP contribution in [0, 0.1) is 19.7 Å². The number of aryl methyl sites for hydroxylation is 2. The molecule has 0 atom stereocenters. The largest absolute Gasteiger partial charge is 0.338 e. The van der Waals surface area contributed by atoms with E-state index in [-0.39, 0.29) is 11.7 Å². The Morgan fingerprint density at radius 3 is 2.39 bits per heavy atom. The summed E-state index contributed by atoms with van der Waals surface area (Å²) < 4.78 is 13.2. The molecule has 1 amide bonds. The number of piperazine rings is 1. The molecule has 1 fully saturated rings. The number of carbonyl (C=O) groups excluding carboxylic acids is 1. The molecule has 0 bridgehead atoms. The fraction of sp³-hybridized carbons (Fsp3) is 0.333. The first kappa shape index (κ1) is 20.2. The Morgan fingerprint density at radius 1 is 1.07 bits per heavy atom. The van der Waals surface area contributed by atoms with Gasteiger partial charge in [0.15, 0.2) is 11.7 Å². The maximum Gasteiger partial charge on any atom is 0.279 e. The highest BCUT2D eigenvalue weighted by Gasteiger charge is 2.23. The number of anilines is 2. The Morgan fingerprint density at radius 2 is 1.75 bits per heavy atom. The van der Waals surface area contributed by atoms with Crippen LogP contribution in [-0.4, -0.2) is 48.6 Å². The summed E-state index contributed by atoms with van der Waals surface area (Å²) in [6.45, 7) is 7.73. The number of amides is 1. The first-order valence-electron chi connectivity index (χ1n) is 9.42. The molecule has 28 heavy (non-hydrogen) atoms. The van der Waals surface area contributed by atoms with Gasteiger partial charge in [-0.3, -0.25) is 4.79 Å². The zero-order chi connectivity index (χ0) is 20.1. The van der Waals surface area contributed by atoms with Gasteiger partial charge in [-0.1, -0.05) is 12.1 Å². The Bertz CT molecular complexity index is 845. The second-order valence-corrected chi connectivity index (χ2v) is 7.67. The molecule has 0 aliphatic carbocycles. The Kier molecular flexibility index (Phi) is 6.59. The van der Waals surface area contributed by atoms with Gasteiger partial charge in [-0.15, -0.1) is 0 Å². The predicted octanol–water partition coefficient (Wildman–Crippen LogP) is 1.98. The minimum Gasteiger partial charge on any atom is -0.338 e. The van der Waals surface area contributed by atoms with Crippen molar-refractivity contribution >= 4 is 34.6 Å². The van der Waals surface area contributed by atoms with Gasteiger partial charge in [0.05, 0.1) is 26.2 Å². The van der Waals surface area contributed by atoms with E-state index in [0.29, 0.717) is 17.3 Å². The number of halogens is 1. The van der Waals surface area contributed by atoms with Gasteiger partial charge in [0.25, 0.3) is 5.91 Å². The fourth-order valence-electron chi connectivity index (χ4n) is 3.45. The summed E-state index contributed by atoms with van der Waals surface area (Å²) in [6.07, 6.45) is 0. The molecule has 1 heterocycles. The van der Waals surface area contributed by atoms with E-state index >= 15 is 0 Å². The summed E-state index contributed by atoms with van der Waals surface area (Å²) in [5, 5.41) is 6.79. The second kappa shape index (κ2) is 9.12. The number of hydrogen-bond donors (Lipinski definition) is 3. The van der Waals surface area contributed by atoms with Crippen LogP contribution in [0.3, 0.4) is 0 Å². The topological polar surface area (TPSA) is 48.8 Å². The first-order valence-corrected chi connectivity index (χ1v) is 9.83. The Balaban J connectivity index is 1.46. The molecular weight excluding hydrogens is 375 g/mol. The lowest BCUT2D eigenvalue weighted by Crippen LogP contribution is -3.15. The van der Waals surface area contributed by atoms with Gasteiger partial charge in [0.2, 0.25) is 0 Å². The molecule has 7 heteroatoms. The average Bonchev–Trinajstić information content (AvgIpc) is 2.61. The number of thiocarbonyl (C=S) groups is 1. The first-order chi connectivity index (χ1) is 13.4. The summed E-state index contributed by atoms with van der Waals surface area (Å²) in [5.41, 5.74) is 3.89. The zero-order valence-electron chi connectivity index (χ0n) is 16.2. The molecule has 0 aromatic heterocycles. The van der Waals surface area contributed by atoms with Gasteiger partial charge >= 0.3 is 0 Å². The third-order valence-electron chi connectivity index (χ3n) is 4.75. The second-order valence-electron chi connectivity index (χ2n) is 7.28. The van der Waals surface area contributed by atoms with Gasteiger partial charge in [0.1, 0.15) is 5.82 Å². The number of rotatable bonds is 4. The van der Waals surface area contributed by atoms with Crippen molar-refractivity contribution in [3.05, 3.63) is 59.4 Å². The van der Waals surface area contributed by atoms with Crippen molar-refractivity contribution in [2.75, 3.05) is 43.4 Å². The summed E-state index contributed by atoms with van der Waals surface area (Å²) in [7, 11) is 0. The van der Waals surface area contributed by atoms with Crippen LogP contribution in [-0.2, 0) is 4.79 Å². The van der Waals surface area contributed by atoms with E-state index in [4.69, 9.17) is 12.2 Å². The normalized spacial score (nSPS) is 14.6. The van der Waals surface area contributed by atoms with E-state index in [1.165, 1.54) is 28.2 Å². The fourth-order valence-corrected chi connectivity index (χ4v) is 3.75. The molecule has 1 aliphatic rings. The highest BCUT2D eigenvalue weighted by molar-refractivity contribution is 7.80. The maximum absolute atomic E-state index is 13.2. The van der Waals surface area contributed by atoms with Gasteiger partial charge < -0.3 is 20.4 Å². The lowest BCUT2D eigenvalue weighted by atomic mass is 10.1. The number of carbonyl (C=O) groups is 1. The third-order valence-corrected chi connectivity index (χ3v) is 5.11.